The van der Waals surface area contributed by atoms with Gasteiger partial charge in [-0.2, -0.15) is 0 Å². The van der Waals surface area contributed by atoms with Gasteiger partial charge in [0.05, 0.1) is 31.1 Å². The number of amides is 1. The van der Waals surface area contributed by atoms with Gasteiger partial charge in [-0.25, -0.2) is 0 Å². The minimum atomic E-state index is -0.352. The SMILES string of the molecule is CC(Sc1nnc(N2CCOCC2)n1CC1CCCO1)C(N)=O. The molecule has 23 heavy (non-hydrogen) atoms. The Labute approximate surface area is 139 Å². The molecule has 2 saturated heterocycles. The molecule has 9 heteroatoms. The molecule has 2 fully saturated rings. The Bertz CT molecular complexity index is 541. The van der Waals surface area contributed by atoms with E-state index in [-0.39, 0.29) is 17.3 Å². The van der Waals surface area contributed by atoms with Crippen LogP contribution in [0.25, 0.3) is 0 Å². The first kappa shape index (κ1) is 16.5. The minimum absolute atomic E-state index is 0.175. The molecule has 1 aromatic heterocycles. The number of nitrogens with two attached hydrogens (primary N) is 1. The summed E-state index contributed by atoms with van der Waals surface area (Å²) in [5.74, 6) is 0.470. The van der Waals surface area contributed by atoms with Gasteiger partial charge in [0, 0.05) is 19.7 Å². The number of hydrogen-bond donors (Lipinski definition) is 1. The highest BCUT2D eigenvalue weighted by Gasteiger charge is 2.26. The first-order chi connectivity index (χ1) is 11.1. The normalized spacial score (nSPS) is 23.2. The predicted molar refractivity (Wildman–Crippen MR) is 86.5 cm³/mol. The van der Waals surface area contributed by atoms with Crippen molar-refractivity contribution in [1.82, 2.24) is 14.8 Å². The lowest BCUT2D eigenvalue weighted by Gasteiger charge is -2.28. The molecule has 2 N–H and O–H groups in total. The lowest BCUT2D eigenvalue weighted by atomic mass is 10.2. The summed E-state index contributed by atoms with van der Waals surface area (Å²) < 4.78 is 13.2. The minimum Gasteiger partial charge on any atom is -0.378 e. The maximum Gasteiger partial charge on any atom is 0.230 e. The number of primary amides is 1. The van der Waals surface area contributed by atoms with E-state index >= 15 is 0 Å². The van der Waals surface area contributed by atoms with Crippen LogP contribution in [0.5, 0.6) is 0 Å². The van der Waals surface area contributed by atoms with E-state index in [0.717, 1.165) is 38.5 Å². The van der Waals surface area contributed by atoms with Gasteiger partial charge in [0.2, 0.25) is 11.9 Å². The maximum absolute atomic E-state index is 11.4. The number of ether oxygens (including phenoxy) is 2. The predicted octanol–water partition coefficient (Wildman–Crippen LogP) is 0.260. The number of hydrogen-bond acceptors (Lipinski definition) is 7. The first-order valence-electron chi connectivity index (χ1n) is 7.98. The third-order valence-corrected chi connectivity index (χ3v) is 5.18. The number of carbonyl (C=O) groups excluding carboxylic acids is 1. The number of carbonyl (C=O) groups is 1. The van der Waals surface area contributed by atoms with E-state index in [1.54, 1.807) is 6.92 Å². The lowest BCUT2D eigenvalue weighted by Crippen LogP contribution is -2.38. The molecule has 8 nitrogen and oxygen atoms in total. The standard InChI is InChI=1S/C14H23N5O3S/c1-10(12(15)20)23-14-17-16-13(18-4-7-21-8-5-18)19(14)9-11-3-2-6-22-11/h10-11H,2-9H2,1H3,(H2,15,20). The molecule has 1 aromatic rings. The molecule has 1 amide bonds. The van der Waals surface area contributed by atoms with E-state index in [9.17, 15) is 4.79 Å². The number of rotatable bonds is 6. The third-order valence-electron chi connectivity index (χ3n) is 4.08. The molecule has 0 bridgehead atoms. The summed E-state index contributed by atoms with van der Waals surface area (Å²) in [6, 6.07) is 0. The van der Waals surface area contributed by atoms with E-state index < -0.39 is 0 Å². The van der Waals surface area contributed by atoms with Gasteiger partial charge in [-0.05, 0) is 19.8 Å². The Kier molecular flexibility index (Phi) is 5.39. The van der Waals surface area contributed by atoms with Crippen molar-refractivity contribution >= 4 is 23.6 Å². The van der Waals surface area contributed by atoms with Crippen LogP contribution in [0, 0.1) is 0 Å². The van der Waals surface area contributed by atoms with Gasteiger partial charge in [-0.1, -0.05) is 11.8 Å². The van der Waals surface area contributed by atoms with Crippen LogP contribution in [0.1, 0.15) is 19.8 Å². The molecular weight excluding hydrogens is 318 g/mol. The number of anilines is 1. The summed E-state index contributed by atoms with van der Waals surface area (Å²) in [6.07, 6.45) is 2.30. The van der Waals surface area contributed by atoms with Crippen LogP contribution < -0.4 is 10.6 Å². The third kappa shape index (κ3) is 3.96. The topological polar surface area (TPSA) is 95.5 Å². The fraction of sp³-hybridized carbons (Fsp3) is 0.786. The first-order valence-corrected chi connectivity index (χ1v) is 8.86. The number of nitrogens with zero attached hydrogens (tertiary/aromatic N) is 4. The fourth-order valence-electron chi connectivity index (χ4n) is 2.73. The molecule has 3 rings (SSSR count). The zero-order valence-corrected chi connectivity index (χ0v) is 14.1. The number of aromatic nitrogens is 3. The molecule has 0 aromatic carbocycles. The summed E-state index contributed by atoms with van der Waals surface area (Å²) in [5.41, 5.74) is 5.38. The second-order valence-corrected chi connectivity index (χ2v) is 7.10. The van der Waals surface area contributed by atoms with Crippen molar-refractivity contribution in [3.05, 3.63) is 0 Å². The second-order valence-electron chi connectivity index (χ2n) is 5.79. The maximum atomic E-state index is 11.4. The number of morpholine rings is 1. The van der Waals surface area contributed by atoms with Crippen LogP contribution >= 0.6 is 11.8 Å². The van der Waals surface area contributed by atoms with E-state index in [1.807, 2.05) is 0 Å². The van der Waals surface area contributed by atoms with Crippen molar-refractivity contribution in [2.45, 2.75) is 42.8 Å². The van der Waals surface area contributed by atoms with Crippen molar-refractivity contribution < 1.29 is 14.3 Å². The molecule has 0 aliphatic carbocycles. The monoisotopic (exact) mass is 341 g/mol. The highest BCUT2D eigenvalue weighted by Crippen LogP contribution is 2.28. The van der Waals surface area contributed by atoms with Crippen molar-refractivity contribution in [2.24, 2.45) is 5.73 Å². The average molecular weight is 341 g/mol. The van der Waals surface area contributed by atoms with Gasteiger partial charge < -0.3 is 20.1 Å². The second kappa shape index (κ2) is 7.50. The Morgan fingerprint density at radius 2 is 2.17 bits per heavy atom. The average Bonchev–Trinajstić information content (AvgIpc) is 3.19. The lowest BCUT2D eigenvalue weighted by molar-refractivity contribution is -0.117. The van der Waals surface area contributed by atoms with Gasteiger partial charge in [0.1, 0.15) is 0 Å². The molecule has 2 atom stereocenters. The molecule has 0 radical (unpaired) electrons. The smallest absolute Gasteiger partial charge is 0.230 e. The van der Waals surface area contributed by atoms with Crippen LogP contribution in [0.15, 0.2) is 5.16 Å². The molecule has 3 heterocycles. The largest absolute Gasteiger partial charge is 0.378 e. The molecule has 0 spiro atoms. The zero-order valence-electron chi connectivity index (χ0n) is 13.3. The molecule has 2 aliphatic heterocycles. The summed E-state index contributed by atoms with van der Waals surface area (Å²) >= 11 is 1.35. The Balaban J connectivity index is 1.82. The summed E-state index contributed by atoms with van der Waals surface area (Å²) in [4.78, 5) is 13.5. The summed E-state index contributed by atoms with van der Waals surface area (Å²) in [5, 5.41) is 9.00. The highest BCUT2D eigenvalue weighted by molar-refractivity contribution is 8.00. The van der Waals surface area contributed by atoms with E-state index in [0.29, 0.717) is 24.9 Å². The van der Waals surface area contributed by atoms with Gasteiger partial charge in [-0.3, -0.25) is 9.36 Å². The van der Waals surface area contributed by atoms with Crippen LogP contribution in [-0.2, 0) is 20.8 Å². The summed E-state index contributed by atoms with van der Waals surface area (Å²) in [6.45, 7) is 6.25. The Morgan fingerprint density at radius 1 is 1.39 bits per heavy atom. The van der Waals surface area contributed by atoms with Crippen LogP contribution in [0.4, 0.5) is 5.95 Å². The Morgan fingerprint density at radius 3 is 2.83 bits per heavy atom. The van der Waals surface area contributed by atoms with Gasteiger partial charge in [0.15, 0.2) is 5.16 Å². The molecule has 2 aliphatic rings. The van der Waals surface area contributed by atoms with Gasteiger partial charge >= 0.3 is 0 Å². The van der Waals surface area contributed by atoms with Crippen molar-refractivity contribution in [3.8, 4) is 0 Å². The van der Waals surface area contributed by atoms with Gasteiger partial charge in [0.25, 0.3) is 0 Å². The summed E-state index contributed by atoms with van der Waals surface area (Å²) in [7, 11) is 0. The quantitative estimate of drug-likeness (QED) is 0.742. The van der Waals surface area contributed by atoms with Crippen LogP contribution in [0.2, 0.25) is 0 Å². The molecule has 2 unspecified atom stereocenters. The van der Waals surface area contributed by atoms with E-state index in [4.69, 9.17) is 15.2 Å². The molecule has 128 valence electrons. The Hall–Kier alpha value is -1.32. The molecule has 0 saturated carbocycles. The van der Waals surface area contributed by atoms with Gasteiger partial charge in [-0.15, -0.1) is 10.2 Å². The van der Waals surface area contributed by atoms with Crippen molar-refractivity contribution in [2.75, 3.05) is 37.8 Å². The van der Waals surface area contributed by atoms with E-state index in [1.165, 1.54) is 11.8 Å². The number of thioether (sulfide) groups is 1. The fourth-order valence-corrected chi connectivity index (χ4v) is 3.54. The highest BCUT2D eigenvalue weighted by atomic mass is 32.2. The van der Waals surface area contributed by atoms with Crippen LogP contribution in [0.3, 0.4) is 0 Å². The van der Waals surface area contributed by atoms with Crippen molar-refractivity contribution in [3.63, 3.8) is 0 Å². The van der Waals surface area contributed by atoms with E-state index in [2.05, 4.69) is 19.7 Å². The molecular formula is C14H23N5O3S. The van der Waals surface area contributed by atoms with Crippen molar-refractivity contribution in [1.29, 1.82) is 0 Å². The van der Waals surface area contributed by atoms with Crippen LogP contribution in [-0.4, -0.2) is 64.9 Å². The zero-order chi connectivity index (χ0) is 16.2.